The standard InChI is InChI=1S/C13H16FO6P/c14-10-4-2-1-3-8(10)7-11(21(19)20)9(13(17)18)5-6-12(15)16/h1-4,9,11,21H,5-7H2,(H,15,16)(H,17,18)(H,19,20). The molecule has 1 aromatic rings. The molecule has 3 N–H and O–H groups in total. The molecule has 0 saturated carbocycles. The second kappa shape index (κ2) is 7.90. The number of hydrogen-bond donors (Lipinski definition) is 3. The molecule has 3 unspecified atom stereocenters. The maximum atomic E-state index is 13.6. The summed E-state index contributed by atoms with van der Waals surface area (Å²) in [5, 5.41) is 17.7. The van der Waals surface area contributed by atoms with Gasteiger partial charge < -0.3 is 15.1 Å². The van der Waals surface area contributed by atoms with Crippen LogP contribution in [-0.4, -0.2) is 32.7 Å². The maximum Gasteiger partial charge on any atom is 0.307 e. The quantitative estimate of drug-likeness (QED) is 0.630. The van der Waals surface area contributed by atoms with Gasteiger partial charge in [0.1, 0.15) is 5.82 Å². The van der Waals surface area contributed by atoms with Crippen molar-refractivity contribution in [3.63, 3.8) is 0 Å². The molecule has 1 aromatic carbocycles. The van der Waals surface area contributed by atoms with E-state index in [1.54, 1.807) is 0 Å². The van der Waals surface area contributed by atoms with Crippen molar-refractivity contribution in [2.45, 2.75) is 24.9 Å². The summed E-state index contributed by atoms with van der Waals surface area (Å²) in [7, 11) is -3.27. The fourth-order valence-corrected chi connectivity index (χ4v) is 3.13. The number of hydrogen-bond acceptors (Lipinski definition) is 3. The highest BCUT2D eigenvalue weighted by molar-refractivity contribution is 7.39. The lowest BCUT2D eigenvalue weighted by molar-refractivity contribution is -0.143. The van der Waals surface area contributed by atoms with Gasteiger partial charge in [-0.25, -0.2) is 4.39 Å². The van der Waals surface area contributed by atoms with Crippen molar-refractivity contribution in [2.24, 2.45) is 5.92 Å². The van der Waals surface area contributed by atoms with Gasteiger partial charge in [0.05, 0.1) is 11.6 Å². The van der Waals surface area contributed by atoms with E-state index in [9.17, 15) is 23.4 Å². The topological polar surface area (TPSA) is 112 Å². The van der Waals surface area contributed by atoms with Crippen LogP contribution in [0.3, 0.4) is 0 Å². The van der Waals surface area contributed by atoms with E-state index in [2.05, 4.69) is 0 Å². The van der Waals surface area contributed by atoms with Gasteiger partial charge in [0.2, 0.25) is 0 Å². The van der Waals surface area contributed by atoms with Crippen LogP contribution in [0, 0.1) is 11.7 Å². The Labute approximate surface area is 121 Å². The molecule has 1 rings (SSSR count). The van der Waals surface area contributed by atoms with Gasteiger partial charge in [0.15, 0.2) is 8.03 Å². The number of carbonyl (C=O) groups is 2. The minimum atomic E-state index is -3.27. The van der Waals surface area contributed by atoms with Crippen molar-refractivity contribution in [1.29, 1.82) is 0 Å². The van der Waals surface area contributed by atoms with Crippen LogP contribution in [0.5, 0.6) is 0 Å². The van der Waals surface area contributed by atoms with Crippen molar-refractivity contribution in [3.05, 3.63) is 35.6 Å². The van der Waals surface area contributed by atoms with E-state index in [1.807, 2.05) is 0 Å². The Bertz CT molecular complexity index is 547. The molecular formula is C13H16FO6P. The zero-order chi connectivity index (χ0) is 16.0. The molecule has 0 saturated heterocycles. The first-order valence-corrected chi connectivity index (χ1v) is 7.67. The molecule has 8 heteroatoms. The smallest absolute Gasteiger partial charge is 0.307 e. The van der Waals surface area contributed by atoms with Gasteiger partial charge in [-0.15, -0.1) is 0 Å². The van der Waals surface area contributed by atoms with Gasteiger partial charge in [0, 0.05) is 6.42 Å². The van der Waals surface area contributed by atoms with E-state index in [-0.39, 0.29) is 18.4 Å². The Morgan fingerprint density at radius 3 is 2.33 bits per heavy atom. The van der Waals surface area contributed by atoms with E-state index >= 15 is 0 Å². The first kappa shape index (κ1) is 17.3. The van der Waals surface area contributed by atoms with Gasteiger partial charge >= 0.3 is 11.9 Å². The van der Waals surface area contributed by atoms with Crippen molar-refractivity contribution in [2.75, 3.05) is 0 Å². The predicted octanol–water partition coefficient (Wildman–Crippen LogP) is 1.77. The number of aliphatic carboxylic acids is 2. The summed E-state index contributed by atoms with van der Waals surface area (Å²) in [6.45, 7) is 0. The van der Waals surface area contributed by atoms with Crippen LogP contribution in [0.1, 0.15) is 18.4 Å². The van der Waals surface area contributed by atoms with Crippen LogP contribution >= 0.6 is 8.03 Å². The van der Waals surface area contributed by atoms with Crippen LogP contribution in [-0.2, 0) is 20.6 Å². The third-order valence-corrected chi connectivity index (χ3v) is 4.43. The van der Waals surface area contributed by atoms with Gasteiger partial charge in [-0.3, -0.25) is 14.2 Å². The number of rotatable bonds is 8. The van der Waals surface area contributed by atoms with E-state index in [4.69, 9.17) is 10.2 Å². The summed E-state index contributed by atoms with van der Waals surface area (Å²) < 4.78 is 25.0. The Morgan fingerprint density at radius 2 is 1.86 bits per heavy atom. The molecule has 0 bridgehead atoms. The summed E-state index contributed by atoms with van der Waals surface area (Å²) in [5.41, 5.74) is -1.07. The van der Waals surface area contributed by atoms with Crippen LogP contribution in [0.15, 0.2) is 24.3 Å². The fourth-order valence-electron chi connectivity index (χ4n) is 2.08. The molecule has 0 aliphatic heterocycles. The lowest BCUT2D eigenvalue weighted by Gasteiger charge is -2.21. The summed E-state index contributed by atoms with van der Waals surface area (Å²) in [6, 6.07) is 5.57. The van der Waals surface area contributed by atoms with Crippen LogP contribution in [0.2, 0.25) is 0 Å². The van der Waals surface area contributed by atoms with Crippen LogP contribution in [0.25, 0.3) is 0 Å². The fraction of sp³-hybridized carbons (Fsp3) is 0.385. The molecule has 0 amide bonds. The van der Waals surface area contributed by atoms with E-state index in [1.165, 1.54) is 24.3 Å². The highest BCUT2D eigenvalue weighted by Crippen LogP contribution is 2.35. The van der Waals surface area contributed by atoms with E-state index in [0.717, 1.165) is 0 Å². The molecule has 0 heterocycles. The molecular weight excluding hydrogens is 302 g/mol. The molecule has 0 aromatic heterocycles. The number of benzene rings is 1. The largest absolute Gasteiger partial charge is 0.481 e. The van der Waals surface area contributed by atoms with Crippen molar-refractivity contribution < 1.29 is 33.7 Å². The Morgan fingerprint density at radius 1 is 1.24 bits per heavy atom. The number of carboxylic acid groups (broad SMARTS) is 2. The van der Waals surface area contributed by atoms with Crippen molar-refractivity contribution in [1.82, 2.24) is 0 Å². The average molecular weight is 318 g/mol. The molecule has 0 aliphatic carbocycles. The molecule has 21 heavy (non-hydrogen) atoms. The Hall–Kier alpha value is -1.72. The molecule has 0 fully saturated rings. The third-order valence-electron chi connectivity index (χ3n) is 3.19. The van der Waals surface area contributed by atoms with Crippen LogP contribution < -0.4 is 0 Å². The van der Waals surface area contributed by atoms with Crippen LogP contribution in [0.4, 0.5) is 4.39 Å². The lowest BCUT2D eigenvalue weighted by atomic mass is 9.94. The summed E-state index contributed by atoms with van der Waals surface area (Å²) in [4.78, 5) is 31.1. The molecule has 3 atom stereocenters. The van der Waals surface area contributed by atoms with E-state index < -0.39 is 43.8 Å². The Balaban J connectivity index is 2.97. The molecule has 6 nitrogen and oxygen atoms in total. The Kier molecular flexibility index (Phi) is 6.52. The van der Waals surface area contributed by atoms with Gasteiger partial charge in [-0.2, -0.15) is 0 Å². The molecule has 0 spiro atoms. The van der Waals surface area contributed by atoms with Crippen molar-refractivity contribution >= 4 is 20.0 Å². The minimum absolute atomic E-state index is 0.136. The average Bonchev–Trinajstić information content (AvgIpc) is 2.38. The summed E-state index contributed by atoms with van der Waals surface area (Å²) in [6.07, 6.45) is -0.932. The summed E-state index contributed by atoms with van der Waals surface area (Å²) in [5.74, 6) is -4.45. The van der Waals surface area contributed by atoms with Gasteiger partial charge in [-0.05, 0) is 24.5 Å². The maximum absolute atomic E-state index is 13.6. The first-order valence-electron chi connectivity index (χ1n) is 6.23. The van der Waals surface area contributed by atoms with Crippen molar-refractivity contribution in [3.8, 4) is 0 Å². The molecule has 0 radical (unpaired) electrons. The lowest BCUT2D eigenvalue weighted by Crippen LogP contribution is -2.28. The predicted molar refractivity (Wildman–Crippen MR) is 73.1 cm³/mol. The van der Waals surface area contributed by atoms with Gasteiger partial charge in [0.25, 0.3) is 0 Å². The monoisotopic (exact) mass is 318 g/mol. The van der Waals surface area contributed by atoms with Gasteiger partial charge in [-0.1, -0.05) is 18.2 Å². The second-order valence-corrected chi connectivity index (χ2v) is 6.04. The first-order chi connectivity index (χ1) is 9.82. The zero-order valence-corrected chi connectivity index (χ0v) is 12.0. The number of halogens is 1. The minimum Gasteiger partial charge on any atom is -0.481 e. The zero-order valence-electron chi connectivity index (χ0n) is 11.0. The highest BCUT2D eigenvalue weighted by Gasteiger charge is 2.32. The molecule has 116 valence electrons. The SMILES string of the molecule is O=C(O)CCC(C(=O)O)C(Cc1ccccc1F)[PH](=O)O. The van der Waals surface area contributed by atoms with E-state index in [0.29, 0.717) is 0 Å². The third kappa shape index (κ3) is 5.28. The normalized spacial score (nSPS) is 15.1. The highest BCUT2D eigenvalue weighted by atomic mass is 31.1. The summed E-state index contributed by atoms with van der Waals surface area (Å²) >= 11 is 0. The second-order valence-electron chi connectivity index (χ2n) is 4.62. The molecule has 0 aliphatic rings. The number of carboxylic acids is 2.